The van der Waals surface area contributed by atoms with Crippen LogP contribution in [-0.2, 0) is 20.8 Å². The summed E-state index contributed by atoms with van der Waals surface area (Å²) in [6, 6.07) is 15.7. The monoisotopic (exact) mass is 645 g/mol. The lowest BCUT2D eigenvalue weighted by Gasteiger charge is -2.43. The molecule has 3 aliphatic heterocycles. The van der Waals surface area contributed by atoms with Crippen LogP contribution < -0.4 is 9.64 Å². The van der Waals surface area contributed by atoms with Crippen LogP contribution >= 0.6 is 11.8 Å². The van der Waals surface area contributed by atoms with Crippen molar-refractivity contribution in [2.45, 2.75) is 74.6 Å². The number of rotatable bonds is 13. The van der Waals surface area contributed by atoms with Gasteiger partial charge < -0.3 is 24.5 Å². The molecule has 6 atom stereocenters. The van der Waals surface area contributed by atoms with Crippen LogP contribution in [0.25, 0.3) is 0 Å². The Morgan fingerprint density at radius 3 is 2.35 bits per heavy atom. The van der Waals surface area contributed by atoms with Crippen molar-refractivity contribution < 1.29 is 24.2 Å². The molecule has 0 saturated carbocycles. The first-order valence-electron chi connectivity index (χ1n) is 16.2. The summed E-state index contributed by atoms with van der Waals surface area (Å²) in [6.07, 6.45) is 5.18. The summed E-state index contributed by atoms with van der Waals surface area (Å²) < 4.78 is 4.83. The van der Waals surface area contributed by atoms with E-state index < -0.39 is 34.2 Å². The van der Waals surface area contributed by atoms with E-state index in [0.717, 1.165) is 12.0 Å². The number of nitrogens with zero attached hydrogens (tertiary/aromatic N) is 3. The molecule has 0 aliphatic carbocycles. The highest BCUT2D eigenvalue weighted by Gasteiger charge is 2.74. The molecule has 3 heterocycles. The first-order valence-corrected chi connectivity index (χ1v) is 17.1. The fraction of sp³-hybridized carbons (Fsp3) is 0.486. The van der Waals surface area contributed by atoms with Gasteiger partial charge in [0.2, 0.25) is 17.7 Å². The number of carbonyl (C=O) groups excluding carboxylic acids is 3. The predicted octanol–water partition coefficient (Wildman–Crippen LogP) is 5.11. The van der Waals surface area contributed by atoms with Crippen molar-refractivity contribution in [3.05, 3.63) is 85.5 Å². The quantitative estimate of drug-likeness (QED) is 0.305. The summed E-state index contributed by atoms with van der Waals surface area (Å²) in [6.45, 7) is 16.5. The Bertz CT molecular complexity index is 1440. The van der Waals surface area contributed by atoms with Crippen LogP contribution in [0.3, 0.4) is 0 Å². The number of fused-ring (bicyclic) bond motifs is 1. The van der Waals surface area contributed by atoms with Crippen molar-refractivity contribution in [3.8, 4) is 5.75 Å². The van der Waals surface area contributed by atoms with Gasteiger partial charge in [0.1, 0.15) is 11.8 Å². The molecule has 5 rings (SSSR count). The van der Waals surface area contributed by atoms with Crippen molar-refractivity contribution >= 4 is 35.2 Å². The highest BCUT2D eigenvalue weighted by atomic mass is 32.2. The van der Waals surface area contributed by atoms with Crippen molar-refractivity contribution in [3.63, 3.8) is 0 Å². The van der Waals surface area contributed by atoms with Crippen LogP contribution in [0.4, 0.5) is 5.69 Å². The highest BCUT2D eigenvalue weighted by Crippen LogP contribution is 2.67. The predicted molar refractivity (Wildman–Crippen MR) is 184 cm³/mol. The lowest BCUT2D eigenvalue weighted by Crippen LogP contribution is -2.61. The summed E-state index contributed by atoms with van der Waals surface area (Å²) >= 11 is 1.64. The van der Waals surface area contributed by atoms with Gasteiger partial charge in [0.15, 0.2) is 0 Å². The van der Waals surface area contributed by atoms with E-state index >= 15 is 0 Å². The van der Waals surface area contributed by atoms with E-state index in [1.165, 1.54) is 0 Å². The summed E-state index contributed by atoms with van der Waals surface area (Å²) in [5.41, 5.74) is 1.13. The largest absolute Gasteiger partial charge is 0.494 e. The van der Waals surface area contributed by atoms with Crippen molar-refractivity contribution in [2.24, 2.45) is 11.8 Å². The molecule has 2 aromatic carbocycles. The fourth-order valence-corrected chi connectivity index (χ4v) is 9.87. The second-order valence-corrected chi connectivity index (χ2v) is 15.0. The molecule has 3 amide bonds. The third-order valence-electron chi connectivity index (χ3n) is 9.60. The molecular formula is C37H47N3O5S. The van der Waals surface area contributed by atoms with E-state index in [0.29, 0.717) is 37.4 Å². The Kier molecular flexibility index (Phi) is 10.0. The molecule has 0 radical (unpaired) electrons. The Morgan fingerprint density at radius 1 is 1.09 bits per heavy atom. The molecule has 2 unspecified atom stereocenters. The number of aliphatic hydroxyl groups is 1. The number of likely N-dealkylation sites (tertiary alicyclic amines) is 1. The zero-order valence-corrected chi connectivity index (χ0v) is 28.2. The molecule has 3 saturated heterocycles. The highest BCUT2D eigenvalue weighted by molar-refractivity contribution is 8.02. The Hall–Kier alpha value is -3.56. The maximum Gasteiger partial charge on any atom is 0.247 e. The second-order valence-electron chi connectivity index (χ2n) is 13.4. The van der Waals surface area contributed by atoms with Crippen molar-refractivity contribution in [2.75, 3.05) is 31.2 Å². The molecule has 246 valence electrons. The molecule has 1 N–H and O–H groups in total. The molecule has 8 nitrogen and oxygen atoms in total. The van der Waals surface area contributed by atoms with Gasteiger partial charge in [0.25, 0.3) is 0 Å². The number of thioether (sulfide) groups is 1. The third-order valence-corrected chi connectivity index (χ3v) is 11.6. The number of amides is 3. The Labute approximate surface area is 277 Å². The van der Waals surface area contributed by atoms with Gasteiger partial charge in [-0.05, 0) is 76.8 Å². The average molecular weight is 646 g/mol. The van der Waals surface area contributed by atoms with Crippen LogP contribution in [-0.4, -0.2) is 86.6 Å². The van der Waals surface area contributed by atoms with Gasteiger partial charge in [-0.15, -0.1) is 24.9 Å². The van der Waals surface area contributed by atoms with E-state index in [2.05, 4.69) is 13.2 Å². The fourth-order valence-electron chi connectivity index (χ4n) is 7.67. The molecule has 46 heavy (non-hydrogen) atoms. The minimum Gasteiger partial charge on any atom is -0.494 e. The van der Waals surface area contributed by atoms with Gasteiger partial charge >= 0.3 is 0 Å². The maximum absolute atomic E-state index is 14.9. The van der Waals surface area contributed by atoms with Crippen molar-refractivity contribution in [1.29, 1.82) is 0 Å². The van der Waals surface area contributed by atoms with Crippen LogP contribution in [0.5, 0.6) is 5.75 Å². The zero-order chi connectivity index (χ0) is 33.2. The van der Waals surface area contributed by atoms with E-state index in [-0.39, 0.29) is 36.1 Å². The maximum atomic E-state index is 14.9. The van der Waals surface area contributed by atoms with Crippen LogP contribution in [0.15, 0.2) is 79.9 Å². The van der Waals surface area contributed by atoms with Gasteiger partial charge in [-0.2, -0.15) is 0 Å². The van der Waals surface area contributed by atoms with Gasteiger partial charge in [-0.25, -0.2) is 0 Å². The van der Waals surface area contributed by atoms with E-state index in [1.807, 2.05) is 82.3 Å². The lowest BCUT2D eigenvalue weighted by atomic mass is 9.70. The van der Waals surface area contributed by atoms with Crippen LogP contribution in [0.1, 0.15) is 46.1 Å². The molecular weight excluding hydrogens is 598 g/mol. The first kappa shape index (κ1) is 33.8. The molecule has 0 aromatic heterocycles. The van der Waals surface area contributed by atoms with Gasteiger partial charge in [-0.3, -0.25) is 14.4 Å². The summed E-state index contributed by atoms with van der Waals surface area (Å²) in [5.74, 6) is -1.12. The number of hydrogen-bond acceptors (Lipinski definition) is 6. The number of ether oxygens (including phenoxy) is 1. The summed E-state index contributed by atoms with van der Waals surface area (Å²) in [4.78, 5) is 49.5. The first-order chi connectivity index (χ1) is 22.0. The minimum atomic E-state index is -0.823. The van der Waals surface area contributed by atoms with Gasteiger partial charge in [0.05, 0.1) is 35.8 Å². The Balaban J connectivity index is 1.58. The number of aliphatic hydroxyl groups excluding tert-OH is 1. The lowest BCUT2D eigenvalue weighted by molar-refractivity contribution is -0.148. The van der Waals surface area contributed by atoms with Gasteiger partial charge in [-0.1, -0.05) is 42.5 Å². The van der Waals surface area contributed by atoms with E-state index in [9.17, 15) is 19.5 Å². The van der Waals surface area contributed by atoms with Crippen molar-refractivity contribution in [1.82, 2.24) is 9.80 Å². The SMILES string of the molecule is C=CCN(C(=O)[C@@H]1[C@@H]2CCC3(S2)C(C(=O)N(CC=C)C(C)(C)C)N([C@@H](CO)Cc2ccccc2)C(=O)[C@H]13)c1ccc(OCC)cc1. The molecule has 2 bridgehead atoms. The number of carbonyl (C=O) groups is 3. The smallest absolute Gasteiger partial charge is 0.247 e. The summed E-state index contributed by atoms with van der Waals surface area (Å²) in [7, 11) is 0. The third kappa shape index (κ3) is 5.99. The number of hydrogen-bond donors (Lipinski definition) is 1. The second kappa shape index (κ2) is 13.7. The van der Waals surface area contributed by atoms with Gasteiger partial charge in [0, 0.05) is 29.6 Å². The number of anilines is 1. The van der Waals surface area contributed by atoms with Crippen LogP contribution in [0, 0.1) is 11.8 Å². The summed E-state index contributed by atoms with van der Waals surface area (Å²) in [5, 5.41) is 10.7. The minimum absolute atomic E-state index is 0.0990. The zero-order valence-electron chi connectivity index (χ0n) is 27.4. The topological polar surface area (TPSA) is 90.4 Å². The Morgan fingerprint density at radius 2 is 1.76 bits per heavy atom. The standard InChI is InChI=1S/C37H47N3O5S/c1-7-21-38(26-15-17-28(18-16-26)45-9-3)33(42)30-29-19-20-37(46-29)31(30)34(43)40(27(24-41)23-25-13-11-10-12-14-25)32(37)35(44)39(22-8-2)36(4,5)6/h7-8,10-18,27,29-32,41H,1-2,9,19-24H2,3-6H3/t27-,29+,30-,31+,32?,37?/m1/s1. The van der Waals surface area contributed by atoms with E-state index in [1.54, 1.807) is 38.6 Å². The normalized spacial score (nSPS) is 25.6. The van der Waals surface area contributed by atoms with E-state index in [4.69, 9.17) is 4.74 Å². The molecule has 3 fully saturated rings. The molecule has 9 heteroatoms. The number of benzene rings is 2. The molecule has 3 aliphatic rings. The van der Waals surface area contributed by atoms with Crippen LogP contribution in [0.2, 0.25) is 0 Å². The molecule has 2 aromatic rings. The average Bonchev–Trinajstić information content (AvgIpc) is 3.68. The molecule has 1 spiro atoms.